The molecule has 31 heavy (non-hydrogen) atoms. The first-order chi connectivity index (χ1) is 15.0. The van der Waals surface area contributed by atoms with E-state index in [2.05, 4.69) is 27.2 Å². The second kappa shape index (κ2) is 11.0. The predicted molar refractivity (Wildman–Crippen MR) is 127 cm³/mol. The molecule has 0 saturated heterocycles. The number of hydrogen-bond donors (Lipinski definition) is 3. The molecule has 0 spiro atoms. The van der Waals surface area contributed by atoms with E-state index in [1.54, 1.807) is 42.6 Å². The number of thioether (sulfide) groups is 1. The van der Waals surface area contributed by atoms with Crippen LogP contribution in [0.2, 0.25) is 0 Å². The van der Waals surface area contributed by atoms with Crippen molar-refractivity contribution < 1.29 is 9.90 Å². The summed E-state index contributed by atoms with van der Waals surface area (Å²) in [6.07, 6.45) is 4.17. The van der Waals surface area contributed by atoms with Gasteiger partial charge in [-0.1, -0.05) is 54.7 Å². The van der Waals surface area contributed by atoms with Gasteiger partial charge in [-0.05, 0) is 49.2 Å². The highest BCUT2D eigenvalue weighted by molar-refractivity contribution is 8.12. The number of aromatic nitrogens is 2. The molecule has 1 amide bonds. The normalized spacial score (nSPS) is 11.1. The Kier molecular flexibility index (Phi) is 7.84. The van der Waals surface area contributed by atoms with Crippen LogP contribution in [0.4, 0.5) is 11.6 Å². The van der Waals surface area contributed by atoms with E-state index >= 15 is 0 Å². The molecule has 3 N–H and O–H groups in total. The molecule has 7 heteroatoms. The van der Waals surface area contributed by atoms with Crippen molar-refractivity contribution in [2.75, 3.05) is 11.9 Å². The number of nitrogens with zero attached hydrogens (tertiary/aromatic N) is 2. The maximum atomic E-state index is 12.6. The average Bonchev–Trinajstić information content (AvgIpc) is 2.79. The third kappa shape index (κ3) is 6.72. The van der Waals surface area contributed by atoms with Crippen molar-refractivity contribution in [3.63, 3.8) is 0 Å². The highest BCUT2D eigenvalue weighted by Crippen LogP contribution is 2.31. The number of hydrogen-bond acceptors (Lipinski definition) is 6. The number of carbonyl (C=O) groups is 1. The topological polar surface area (TPSA) is 87.1 Å². The number of allylic oxidation sites excluding steroid dienone is 1. The van der Waals surface area contributed by atoms with E-state index in [9.17, 15) is 9.90 Å². The van der Waals surface area contributed by atoms with Crippen molar-refractivity contribution in [2.24, 2.45) is 0 Å². The van der Waals surface area contributed by atoms with Crippen molar-refractivity contribution in [1.82, 2.24) is 15.3 Å². The van der Waals surface area contributed by atoms with E-state index in [1.165, 1.54) is 17.3 Å². The van der Waals surface area contributed by atoms with Crippen molar-refractivity contribution in [3.8, 4) is 5.75 Å². The summed E-state index contributed by atoms with van der Waals surface area (Å²) >= 11 is 1.27. The minimum Gasteiger partial charge on any atom is -0.508 e. The van der Waals surface area contributed by atoms with Crippen LogP contribution in [0, 0.1) is 0 Å². The molecule has 0 unspecified atom stereocenters. The average molecular weight is 433 g/mol. The molecular formula is C24H24N4O2S. The summed E-state index contributed by atoms with van der Waals surface area (Å²) in [5.74, 6) is 0.450. The standard InChI is InChI=1S/C24H24N4O2S/c1-3-22(23(30)25-15-13-18-7-5-4-6-8-18)31-17(2)21-14-16-26-24(28-21)27-19-9-11-20(29)12-10-19/h3-12,14,16,29H,2,13,15H2,1H3,(H,25,30)(H,26,27,28)/b22-3-. The van der Waals surface area contributed by atoms with E-state index in [-0.39, 0.29) is 11.7 Å². The number of nitrogens with one attached hydrogen (secondary N) is 2. The molecule has 6 nitrogen and oxygen atoms in total. The fourth-order valence-corrected chi connectivity index (χ4v) is 3.49. The number of phenols is 1. The Morgan fingerprint density at radius 2 is 1.87 bits per heavy atom. The smallest absolute Gasteiger partial charge is 0.257 e. The van der Waals surface area contributed by atoms with Gasteiger partial charge in [0.1, 0.15) is 5.75 Å². The quantitative estimate of drug-likeness (QED) is 0.330. The van der Waals surface area contributed by atoms with Gasteiger partial charge in [-0.3, -0.25) is 4.79 Å². The van der Waals surface area contributed by atoms with E-state index in [4.69, 9.17) is 0 Å². The summed E-state index contributed by atoms with van der Waals surface area (Å²) in [6, 6.07) is 18.4. The number of aromatic hydroxyl groups is 1. The Bertz CT molecular complexity index is 1070. The third-order valence-corrected chi connectivity index (χ3v) is 5.42. The zero-order valence-corrected chi connectivity index (χ0v) is 18.0. The molecule has 3 rings (SSSR count). The molecule has 1 heterocycles. The lowest BCUT2D eigenvalue weighted by atomic mass is 10.1. The van der Waals surface area contributed by atoms with Crippen LogP contribution >= 0.6 is 11.8 Å². The second-order valence-corrected chi connectivity index (χ2v) is 7.74. The van der Waals surface area contributed by atoms with Crippen LogP contribution in [-0.2, 0) is 11.2 Å². The van der Waals surface area contributed by atoms with E-state index in [1.807, 2.05) is 37.3 Å². The highest BCUT2D eigenvalue weighted by Gasteiger charge is 2.13. The van der Waals surface area contributed by atoms with Crippen LogP contribution in [0.3, 0.4) is 0 Å². The van der Waals surface area contributed by atoms with E-state index in [0.29, 0.717) is 28.0 Å². The molecule has 158 valence electrons. The monoisotopic (exact) mass is 432 g/mol. The predicted octanol–water partition coefficient (Wildman–Crippen LogP) is 4.89. The molecule has 0 radical (unpaired) electrons. The van der Waals surface area contributed by atoms with Gasteiger partial charge in [-0.15, -0.1) is 0 Å². The molecule has 3 aromatic rings. The van der Waals surface area contributed by atoms with Gasteiger partial charge < -0.3 is 15.7 Å². The zero-order chi connectivity index (χ0) is 22.1. The summed E-state index contributed by atoms with van der Waals surface area (Å²) in [7, 11) is 0. The first-order valence-electron chi connectivity index (χ1n) is 9.80. The maximum absolute atomic E-state index is 12.6. The van der Waals surface area contributed by atoms with Crippen LogP contribution in [0.15, 0.2) is 84.4 Å². The van der Waals surface area contributed by atoms with Crippen LogP contribution in [0.5, 0.6) is 5.75 Å². The Balaban J connectivity index is 1.57. The Hall–Kier alpha value is -3.58. The minimum absolute atomic E-state index is 0.138. The number of amides is 1. The maximum Gasteiger partial charge on any atom is 0.257 e. The van der Waals surface area contributed by atoms with E-state index in [0.717, 1.165) is 12.1 Å². The molecule has 2 aromatic carbocycles. The molecule has 0 aliphatic carbocycles. The van der Waals surface area contributed by atoms with Gasteiger partial charge in [-0.2, -0.15) is 0 Å². The number of carbonyl (C=O) groups excluding carboxylic acids is 1. The molecular weight excluding hydrogens is 408 g/mol. The fourth-order valence-electron chi connectivity index (χ4n) is 2.72. The molecule has 0 saturated carbocycles. The van der Waals surface area contributed by atoms with Crippen molar-refractivity contribution in [1.29, 1.82) is 0 Å². The van der Waals surface area contributed by atoms with Gasteiger partial charge in [0.15, 0.2) is 0 Å². The lowest BCUT2D eigenvalue weighted by Gasteiger charge is -2.11. The van der Waals surface area contributed by atoms with Crippen molar-refractivity contribution >= 4 is 34.2 Å². The van der Waals surface area contributed by atoms with Crippen LogP contribution in [0.1, 0.15) is 18.2 Å². The van der Waals surface area contributed by atoms with Crippen LogP contribution < -0.4 is 10.6 Å². The Morgan fingerprint density at radius 1 is 1.13 bits per heavy atom. The van der Waals surface area contributed by atoms with E-state index < -0.39 is 0 Å². The fraction of sp³-hybridized carbons (Fsp3) is 0.125. The Morgan fingerprint density at radius 3 is 2.58 bits per heavy atom. The SMILES string of the molecule is C=C(S/C(=C\C)C(=O)NCCc1ccccc1)c1ccnc(Nc2ccc(O)cc2)n1. The summed E-state index contributed by atoms with van der Waals surface area (Å²) in [4.78, 5) is 22.5. The van der Waals surface area contributed by atoms with Gasteiger partial charge in [-0.25, -0.2) is 9.97 Å². The summed E-state index contributed by atoms with van der Waals surface area (Å²) in [5, 5.41) is 15.4. The molecule has 0 aliphatic heterocycles. The van der Waals surface area contributed by atoms with Crippen molar-refractivity contribution in [2.45, 2.75) is 13.3 Å². The van der Waals surface area contributed by atoms with Gasteiger partial charge in [0.05, 0.1) is 10.6 Å². The van der Waals surface area contributed by atoms with Gasteiger partial charge in [0, 0.05) is 23.3 Å². The molecule has 1 aromatic heterocycles. The van der Waals surface area contributed by atoms with Crippen LogP contribution in [-0.4, -0.2) is 27.5 Å². The first-order valence-corrected chi connectivity index (χ1v) is 10.6. The number of benzene rings is 2. The van der Waals surface area contributed by atoms with Gasteiger partial charge in [0.25, 0.3) is 5.91 Å². The molecule has 0 aliphatic rings. The summed E-state index contributed by atoms with van der Waals surface area (Å²) in [6.45, 7) is 6.45. The van der Waals surface area contributed by atoms with Crippen LogP contribution in [0.25, 0.3) is 4.91 Å². The third-order valence-electron chi connectivity index (χ3n) is 4.33. The largest absolute Gasteiger partial charge is 0.508 e. The number of phenolic OH excluding ortho intramolecular Hbond substituents is 1. The number of anilines is 2. The van der Waals surface area contributed by atoms with Gasteiger partial charge >= 0.3 is 0 Å². The summed E-state index contributed by atoms with van der Waals surface area (Å²) in [5.41, 5.74) is 2.55. The second-order valence-electron chi connectivity index (χ2n) is 6.61. The lowest BCUT2D eigenvalue weighted by molar-refractivity contribution is -0.116. The molecule has 0 fully saturated rings. The van der Waals surface area contributed by atoms with Gasteiger partial charge in [0.2, 0.25) is 5.95 Å². The highest BCUT2D eigenvalue weighted by atomic mass is 32.2. The van der Waals surface area contributed by atoms with Crippen molar-refractivity contribution in [3.05, 3.63) is 95.7 Å². The lowest BCUT2D eigenvalue weighted by Crippen LogP contribution is -2.26. The zero-order valence-electron chi connectivity index (χ0n) is 17.2. The molecule has 0 bridgehead atoms. The minimum atomic E-state index is -0.138. The number of rotatable bonds is 9. The molecule has 0 atom stereocenters. The Labute approximate surface area is 186 Å². The first kappa shape index (κ1) is 22.1. The summed E-state index contributed by atoms with van der Waals surface area (Å²) < 4.78 is 0.